The van der Waals surface area contributed by atoms with Crippen LogP contribution in [0.4, 0.5) is 10.8 Å². The van der Waals surface area contributed by atoms with Crippen LogP contribution in [-0.2, 0) is 9.59 Å². The van der Waals surface area contributed by atoms with E-state index in [0.29, 0.717) is 28.0 Å². The number of halogens is 1. The van der Waals surface area contributed by atoms with E-state index in [1.165, 1.54) is 23.5 Å². The van der Waals surface area contributed by atoms with Crippen LogP contribution in [0.2, 0.25) is 0 Å². The Morgan fingerprint density at radius 1 is 0.976 bits per heavy atom. The summed E-state index contributed by atoms with van der Waals surface area (Å²) in [6.07, 6.45) is 2.21. The molecule has 3 N–H and O–H groups in total. The molecule has 0 bridgehead atoms. The summed E-state index contributed by atoms with van der Waals surface area (Å²) in [7, 11) is 0. The summed E-state index contributed by atoms with van der Waals surface area (Å²) < 4.78 is 5.09. The number of benzene rings is 3. The minimum Gasteiger partial charge on any atom is -0.321 e. The third kappa shape index (κ3) is 9.28. The van der Waals surface area contributed by atoms with Crippen LogP contribution in [0, 0.1) is 0 Å². The van der Waals surface area contributed by atoms with E-state index in [4.69, 9.17) is 0 Å². The van der Waals surface area contributed by atoms with Crippen LogP contribution >= 0.6 is 51.0 Å². The monoisotopic (exact) mass is 681 g/mol. The Morgan fingerprint density at radius 2 is 1.76 bits per heavy atom. The van der Waals surface area contributed by atoms with E-state index in [1.807, 2.05) is 56.3 Å². The van der Waals surface area contributed by atoms with Gasteiger partial charge in [-0.1, -0.05) is 77.9 Å². The van der Waals surface area contributed by atoms with Crippen LogP contribution in [0.1, 0.15) is 36.2 Å². The standard InChI is InChI=1S/C30H28BrN5O3S3/c1-3-25(28(39)34-29-35-30(36-42-29)40-4-2)41-23-15-9-14-22(18-23)32-27(38)24(17-19-10-8-13-21(31)16-19)33-26(37)20-11-6-5-7-12-20/h5-18,25H,3-4H2,1-2H3,(H,32,38)(H,33,37)(H,34,35,36,39)/b24-17+. The summed E-state index contributed by atoms with van der Waals surface area (Å²) >= 11 is 7.52. The normalized spacial score (nSPS) is 11.9. The first-order valence-corrected chi connectivity index (χ1v) is 16.5. The van der Waals surface area contributed by atoms with E-state index in [9.17, 15) is 14.4 Å². The Morgan fingerprint density at radius 3 is 2.50 bits per heavy atom. The lowest BCUT2D eigenvalue weighted by Gasteiger charge is -2.15. The molecule has 0 saturated heterocycles. The van der Waals surface area contributed by atoms with Gasteiger partial charge in [0.1, 0.15) is 5.70 Å². The van der Waals surface area contributed by atoms with Crippen LogP contribution in [0.3, 0.4) is 0 Å². The quantitative estimate of drug-likeness (QED) is 0.106. The molecule has 0 aliphatic heterocycles. The highest BCUT2D eigenvalue weighted by atomic mass is 79.9. The molecule has 42 heavy (non-hydrogen) atoms. The molecule has 1 atom stereocenters. The molecular formula is C30H28BrN5O3S3. The SMILES string of the molecule is CCSc1nsc(NC(=O)C(CC)Sc2cccc(NC(=O)/C(=C\c3cccc(Br)c3)NC(=O)c3ccccc3)c2)n1. The lowest BCUT2D eigenvalue weighted by atomic mass is 10.1. The third-order valence-corrected chi connectivity index (χ3v) is 8.96. The molecule has 1 heterocycles. The number of nitrogens with one attached hydrogen (secondary N) is 3. The highest BCUT2D eigenvalue weighted by Gasteiger charge is 2.21. The first-order chi connectivity index (χ1) is 20.3. The minimum atomic E-state index is -0.483. The van der Waals surface area contributed by atoms with E-state index in [1.54, 1.807) is 42.5 Å². The zero-order valence-electron chi connectivity index (χ0n) is 22.8. The number of carbonyl (C=O) groups is 3. The van der Waals surface area contributed by atoms with Crippen LogP contribution < -0.4 is 16.0 Å². The Balaban J connectivity index is 1.48. The summed E-state index contributed by atoms with van der Waals surface area (Å²) in [5.74, 6) is -0.193. The molecule has 1 unspecified atom stereocenters. The fourth-order valence-corrected chi connectivity index (χ4v) is 6.38. The zero-order valence-corrected chi connectivity index (χ0v) is 26.8. The number of hydrogen-bond acceptors (Lipinski definition) is 8. The smallest absolute Gasteiger partial charge is 0.272 e. The van der Waals surface area contributed by atoms with Crippen molar-refractivity contribution in [1.82, 2.24) is 14.7 Å². The lowest BCUT2D eigenvalue weighted by molar-refractivity contribution is -0.116. The second-order valence-electron chi connectivity index (χ2n) is 8.73. The molecule has 1 aromatic heterocycles. The van der Waals surface area contributed by atoms with E-state index in [2.05, 4.69) is 41.2 Å². The van der Waals surface area contributed by atoms with Crippen molar-refractivity contribution in [3.05, 3.63) is 100 Å². The van der Waals surface area contributed by atoms with Gasteiger partial charge < -0.3 is 10.6 Å². The van der Waals surface area contributed by atoms with E-state index in [0.717, 1.165) is 32.2 Å². The number of amides is 3. The molecule has 3 amide bonds. The minimum absolute atomic E-state index is 0.0866. The Hall–Kier alpha value is -3.45. The molecule has 0 fully saturated rings. The predicted molar refractivity (Wildman–Crippen MR) is 176 cm³/mol. The molecule has 0 spiro atoms. The van der Waals surface area contributed by atoms with Gasteiger partial charge in [-0.05, 0) is 66.3 Å². The molecule has 3 aromatic carbocycles. The van der Waals surface area contributed by atoms with Crippen molar-refractivity contribution in [3.8, 4) is 0 Å². The van der Waals surface area contributed by atoms with Gasteiger partial charge in [0.2, 0.25) is 16.2 Å². The first kappa shape index (κ1) is 31.5. The van der Waals surface area contributed by atoms with E-state index < -0.39 is 11.8 Å². The van der Waals surface area contributed by atoms with E-state index in [-0.39, 0.29) is 16.9 Å². The molecular weight excluding hydrogens is 654 g/mol. The third-order valence-electron chi connectivity index (χ3n) is 5.63. The molecule has 216 valence electrons. The number of carbonyl (C=O) groups excluding carboxylic acids is 3. The van der Waals surface area contributed by atoms with E-state index >= 15 is 0 Å². The Kier molecular flexibility index (Phi) is 11.8. The summed E-state index contributed by atoms with van der Waals surface area (Å²) in [6, 6.07) is 23.4. The fourth-order valence-electron chi connectivity index (χ4n) is 3.67. The second kappa shape index (κ2) is 15.7. The molecule has 8 nitrogen and oxygen atoms in total. The number of thioether (sulfide) groups is 2. The van der Waals surface area contributed by atoms with Crippen molar-refractivity contribution in [2.24, 2.45) is 0 Å². The maximum atomic E-state index is 13.4. The molecule has 0 saturated carbocycles. The summed E-state index contributed by atoms with van der Waals surface area (Å²) in [6.45, 7) is 3.96. The predicted octanol–water partition coefficient (Wildman–Crippen LogP) is 7.33. The molecule has 0 radical (unpaired) electrons. The second-order valence-corrected chi connectivity index (χ2v) is 12.9. The Labute approximate surface area is 265 Å². The van der Waals surface area contributed by atoms with Crippen molar-refractivity contribution in [2.45, 2.75) is 35.6 Å². The van der Waals surface area contributed by atoms with Gasteiger partial charge in [-0.3, -0.25) is 19.7 Å². The first-order valence-electron chi connectivity index (χ1n) is 13.0. The topological polar surface area (TPSA) is 113 Å². The van der Waals surface area contributed by atoms with Gasteiger partial charge in [0.05, 0.1) is 5.25 Å². The highest BCUT2D eigenvalue weighted by Crippen LogP contribution is 2.29. The number of hydrogen-bond donors (Lipinski definition) is 3. The molecule has 0 aliphatic rings. The van der Waals surface area contributed by atoms with Gasteiger partial charge in [0, 0.05) is 32.2 Å². The molecule has 4 rings (SSSR count). The number of aromatic nitrogens is 2. The molecule has 0 aliphatic carbocycles. The zero-order chi connectivity index (χ0) is 29.9. The van der Waals surface area contributed by atoms with Crippen LogP contribution in [0.5, 0.6) is 0 Å². The van der Waals surface area contributed by atoms with Crippen LogP contribution in [0.15, 0.2) is 99.1 Å². The van der Waals surface area contributed by atoms with Crippen molar-refractivity contribution >= 4 is 85.6 Å². The number of anilines is 2. The van der Waals surface area contributed by atoms with Gasteiger partial charge in [0.15, 0.2) is 0 Å². The lowest BCUT2D eigenvalue weighted by Crippen LogP contribution is -2.30. The maximum absolute atomic E-state index is 13.4. The Bertz CT molecular complexity index is 1580. The number of rotatable bonds is 12. The van der Waals surface area contributed by atoms with Gasteiger partial charge in [-0.2, -0.15) is 9.36 Å². The highest BCUT2D eigenvalue weighted by molar-refractivity contribution is 9.10. The maximum Gasteiger partial charge on any atom is 0.272 e. The summed E-state index contributed by atoms with van der Waals surface area (Å²) in [4.78, 5) is 44.5. The van der Waals surface area contributed by atoms with Crippen molar-refractivity contribution in [3.63, 3.8) is 0 Å². The molecule has 4 aromatic rings. The van der Waals surface area contributed by atoms with Gasteiger partial charge in [-0.25, -0.2) is 0 Å². The van der Waals surface area contributed by atoms with Gasteiger partial charge >= 0.3 is 0 Å². The largest absolute Gasteiger partial charge is 0.321 e. The average Bonchev–Trinajstić information content (AvgIpc) is 3.43. The number of nitrogens with zero attached hydrogens (tertiary/aromatic N) is 2. The van der Waals surface area contributed by atoms with Crippen molar-refractivity contribution < 1.29 is 14.4 Å². The average molecular weight is 683 g/mol. The van der Waals surface area contributed by atoms with Crippen LogP contribution in [-0.4, -0.2) is 38.1 Å². The van der Waals surface area contributed by atoms with Crippen LogP contribution in [0.25, 0.3) is 6.08 Å². The summed E-state index contributed by atoms with van der Waals surface area (Å²) in [5, 5.41) is 9.24. The molecule has 12 heteroatoms. The van der Waals surface area contributed by atoms with Crippen molar-refractivity contribution in [2.75, 3.05) is 16.4 Å². The fraction of sp³-hybridized carbons (Fsp3) is 0.167. The van der Waals surface area contributed by atoms with Gasteiger partial charge in [-0.15, -0.1) is 11.8 Å². The summed E-state index contributed by atoms with van der Waals surface area (Å²) in [5.41, 5.74) is 1.78. The van der Waals surface area contributed by atoms with Crippen molar-refractivity contribution in [1.29, 1.82) is 0 Å². The van der Waals surface area contributed by atoms with Gasteiger partial charge in [0.25, 0.3) is 11.8 Å².